The van der Waals surface area contributed by atoms with Crippen LogP contribution < -0.4 is 4.90 Å². The Morgan fingerprint density at radius 3 is 2.35 bits per heavy atom. The second-order valence-electron chi connectivity index (χ2n) is 8.65. The molecule has 2 aromatic carbocycles. The van der Waals surface area contributed by atoms with Crippen LogP contribution in [-0.2, 0) is 36.8 Å². The molecule has 34 heavy (non-hydrogen) atoms. The van der Waals surface area contributed by atoms with Gasteiger partial charge in [0.15, 0.2) is 0 Å². The highest BCUT2D eigenvalue weighted by atomic mass is 16.5. The monoisotopic (exact) mass is 466 g/mol. The Labute approximate surface area is 201 Å². The third kappa shape index (κ3) is 6.90. The number of likely N-dealkylation sites (tertiary alicyclic amines) is 1. The molecule has 3 rings (SSSR count). The fourth-order valence-electron chi connectivity index (χ4n) is 4.22. The number of anilines is 1. The van der Waals surface area contributed by atoms with Gasteiger partial charge in [0.25, 0.3) is 5.91 Å². The van der Waals surface area contributed by atoms with Crippen molar-refractivity contribution < 1.29 is 23.9 Å². The molecule has 1 heterocycles. The molecule has 0 N–H and O–H groups in total. The zero-order chi connectivity index (χ0) is 24.5. The molecule has 0 bridgehead atoms. The third-order valence-corrected chi connectivity index (χ3v) is 6.06. The van der Waals surface area contributed by atoms with Crippen molar-refractivity contribution in [2.45, 2.75) is 39.7 Å². The van der Waals surface area contributed by atoms with Gasteiger partial charge in [-0.15, -0.1) is 0 Å². The highest BCUT2D eigenvalue weighted by Crippen LogP contribution is 2.22. The van der Waals surface area contributed by atoms with Crippen LogP contribution in [0.5, 0.6) is 0 Å². The molecule has 0 atom stereocenters. The standard InChI is InChI=1S/C27H34N2O5/c1-4-34-27(32)23-12-14-28(15-13-23)25(30)17-21-8-10-24(11-9-21)29(26(31)19-33-3)18-22-7-5-6-20(2)16-22/h5-11,16,23H,4,12-15,17-19H2,1-3H3. The van der Waals surface area contributed by atoms with Gasteiger partial charge in [0.1, 0.15) is 6.61 Å². The third-order valence-electron chi connectivity index (χ3n) is 6.06. The number of benzene rings is 2. The first-order chi connectivity index (χ1) is 16.4. The topological polar surface area (TPSA) is 76.2 Å². The summed E-state index contributed by atoms with van der Waals surface area (Å²) in [6.07, 6.45) is 1.56. The minimum atomic E-state index is -0.163. The number of esters is 1. The molecule has 2 aromatic rings. The molecule has 1 aliphatic heterocycles. The summed E-state index contributed by atoms with van der Waals surface area (Å²) in [6.45, 7) is 5.78. The lowest BCUT2D eigenvalue weighted by Crippen LogP contribution is -2.41. The number of methoxy groups -OCH3 is 1. The minimum absolute atomic E-state index is 0.00614. The summed E-state index contributed by atoms with van der Waals surface area (Å²) in [5.74, 6) is -0.366. The quantitative estimate of drug-likeness (QED) is 0.529. The lowest BCUT2D eigenvalue weighted by atomic mass is 9.96. The van der Waals surface area contributed by atoms with Crippen LogP contribution >= 0.6 is 0 Å². The van der Waals surface area contributed by atoms with E-state index in [1.165, 1.54) is 7.11 Å². The Kier molecular flexibility index (Phi) is 9.22. The molecule has 1 fully saturated rings. The molecule has 7 heteroatoms. The average Bonchev–Trinajstić information content (AvgIpc) is 2.83. The molecular weight excluding hydrogens is 432 g/mol. The number of carbonyl (C=O) groups is 3. The molecule has 1 saturated heterocycles. The number of nitrogens with zero attached hydrogens (tertiary/aromatic N) is 2. The molecule has 1 aliphatic rings. The van der Waals surface area contributed by atoms with E-state index < -0.39 is 0 Å². The van der Waals surface area contributed by atoms with E-state index in [4.69, 9.17) is 9.47 Å². The van der Waals surface area contributed by atoms with E-state index in [0.29, 0.717) is 39.1 Å². The van der Waals surface area contributed by atoms with Gasteiger partial charge in [-0.3, -0.25) is 14.4 Å². The minimum Gasteiger partial charge on any atom is -0.466 e. The van der Waals surface area contributed by atoms with Gasteiger partial charge < -0.3 is 19.3 Å². The molecular formula is C27H34N2O5. The Morgan fingerprint density at radius 1 is 1.03 bits per heavy atom. The van der Waals surface area contributed by atoms with Gasteiger partial charge >= 0.3 is 5.97 Å². The second kappa shape index (κ2) is 12.3. The van der Waals surface area contributed by atoms with Gasteiger partial charge in [0, 0.05) is 25.9 Å². The SMILES string of the molecule is CCOC(=O)C1CCN(C(=O)Cc2ccc(N(Cc3cccc(C)c3)C(=O)COC)cc2)CC1. The zero-order valence-corrected chi connectivity index (χ0v) is 20.3. The summed E-state index contributed by atoms with van der Waals surface area (Å²) >= 11 is 0. The zero-order valence-electron chi connectivity index (χ0n) is 20.3. The van der Waals surface area contributed by atoms with Crippen LogP contribution in [0.25, 0.3) is 0 Å². The number of aryl methyl sites for hydroxylation is 1. The summed E-state index contributed by atoms with van der Waals surface area (Å²) < 4.78 is 10.2. The maximum absolute atomic E-state index is 12.8. The van der Waals surface area contributed by atoms with E-state index in [2.05, 4.69) is 6.07 Å². The number of amides is 2. The van der Waals surface area contributed by atoms with Crippen LogP contribution in [0.2, 0.25) is 0 Å². The average molecular weight is 467 g/mol. The Morgan fingerprint density at radius 2 is 1.74 bits per heavy atom. The summed E-state index contributed by atoms with van der Waals surface area (Å²) in [7, 11) is 1.51. The van der Waals surface area contributed by atoms with Gasteiger partial charge in [-0.25, -0.2) is 0 Å². The highest BCUT2D eigenvalue weighted by Gasteiger charge is 2.28. The Bertz CT molecular complexity index is 981. The Hall–Kier alpha value is -3.19. The molecule has 0 aromatic heterocycles. The molecule has 0 aliphatic carbocycles. The van der Waals surface area contributed by atoms with Crippen LogP contribution in [0.1, 0.15) is 36.5 Å². The predicted octanol–water partition coefficient (Wildman–Crippen LogP) is 3.52. The van der Waals surface area contributed by atoms with Gasteiger partial charge in [0.05, 0.1) is 25.5 Å². The van der Waals surface area contributed by atoms with Crippen molar-refractivity contribution in [3.05, 3.63) is 65.2 Å². The van der Waals surface area contributed by atoms with Crippen LogP contribution in [0.15, 0.2) is 48.5 Å². The van der Waals surface area contributed by atoms with E-state index in [1.807, 2.05) is 54.3 Å². The first-order valence-corrected chi connectivity index (χ1v) is 11.8. The Balaban J connectivity index is 1.62. The maximum Gasteiger partial charge on any atom is 0.309 e. The molecule has 7 nitrogen and oxygen atoms in total. The number of hydrogen-bond donors (Lipinski definition) is 0. The lowest BCUT2D eigenvalue weighted by molar-refractivity contribution is -0.151. The van der Waals surface area contributed by atoms with Crippen LogP contribution in [0.3, 0.4) is 0 Å². The number of hydrogen-bond acceptors (Lipinski definition) is 5. The number of piperidine rings is 1. The second-order valence-corrected chi connectivity index (χ2v) is 8.65. The first-order valence-electron chi connectivity index (χ1n) is 11.8. The maximum atomic E-state index is 12.8. The molecule has 0 spiro atoms. The summed E-state index contributed by atoms with van der Waals surface area (Å²) in [6, 6.07) is 15.6. The highest BCUT2D eigenvalue weighted by molar-refractivity contribution is 5.94. The summed E-state index contributed by atoms with van der Waals surface area (Å²) in [4.78, 5) is 40.9. The smallest absolute Gasteiger partial charge is 0.309 e. The molecule has 0 radical (unpaired) electrons. The van der Waals surface area contributed by atoms with E-state index in [-0.39, 0.29) is 36.7 Å². The molecule has 2 amide bonds. The van der Waals surface area contributed by atoms with Crippen molar-refractivity contribution in [2.24, 2.45) is 5.92 Å². The molecule has 0 unspecified atom stereocenters. The van der Waals surface area contributed by atoms with Gasteiger partial charge in [-0.1, -0.05) is 42.0 Å². The largest absolute Gasteiger partial charge is 0.466 e. The van der Waals surface area contributed by atoms with Crippen LogP contribution in [0.4, 0.5) is 5.69 Å². The summed E-state index contributed by atoms with van der Waals surface area (Å²) in [5.41, 5.74) is 3.82. The fraction of sp³-hybridized carbons (Fsp3) is 0.444. The summed E-state index contributed by atoms with van der Waals surface area (Å²) in [5, 5.41) is 0. The predicted molar refractivity (Wildman–Crippen MR) is 130 cm³/mol. The van der Waals surface area contributed by atoms with Crippen LogP contribution in [0, 0.1) is 12.8 Å². The molecule has 182 valence electrons. The van der Waals surface area contributed by atoms with Crippen molar-refractivity contribution >= 4 is 23.5 Å². The van der Waals surface area contributed by atoms with E-state index in [0.717, 1.165) is 22.4 Å². The van der Waals surface area contributed by atoms with Crippen molar-refractivity contribution in [2.75, 3.05) is 38.3 Å². The molecule has 0 saturated carbocycles. The van der Waals surface area contributed by atoms with Crippen molar-refractivity contribution in [3.8, 4) is 0 Å². The number of carbonyl (C=O) groups excluding carboxylic acids is 3. The van der Waals surface area contributed by atoms with Crippen LogP contribution in [-0.4, -0.2) is 56.1 Å². The normalized spacial score (nSPS) is 14.0. The lowest BCUT2D eigenvalue weighted by Gasteiger charge is -2.31. The van der Waals surface area contributed by atoms with Crippen molar-refractivity contribution in [1.29, 1.82) is 0 Å². The number of ether oxygens (including phenoxy) is 2. The van der Waals surface area contributed by atoms with Gasteiger partial charge in [-0.2, -0.15) is 0 Å². The van der Waals surface area contributed by atoms with E-state index in [9.17, 15) is 14.4 Å². The fourth-order valence-corrected chi connectivity index (χ4v) is 4.22. The number of rotatable bonds is 9. The van der Waals surface area contributed by atoms with Gasteiger partial charge in [0.2, 0.25) is 5.91 Å². The van der Waals surface area contributed by atoms with Gasteiger partial charge in [-0.05, 0) is 49.9 Å². The van der Waals surface area contributed by atoms with E-state index >= 15 is 0 Å². The first kappa shape index (κ1) is 25.4. The van der Waals surface area contributed by atoms with Crippen molar-refractivity contribution in [1.82, 2.24) is 4.90 Å². The van der Waals surface area contributed by atoms with E-state index in [1.54, 1.807) is 11.8 Å². The van der Waals surface area contributed by atoms with Crippen molar-refractivity contribution in [3.63, 3.8) is 0 Å².